The van der Waals surface area contributed by atoms with Crippen LogP contribution in [0.2, 0.25) is 0 Å². The van der Waals surface area contributed by atoms with Crippen molar-refractivity contribution in [2.75, 3.05) is 11.9 Å². The van der Waals surface area contributed by atoms with E-state index in [1.807, 2.05) is 32.0 Å². The number of anilines is 1. The van der Waals surface area contributed by atoms with Gasteiger partial charge >= 0.3 is 5.97 Å². The van der Waals surface area contributed by atoms with Crippen molar-refractivity contribution in [2.24, 2.45) is 0 Å². The zero-order chi connectivity index (χ0) is 15.8. The molecule has 3 N–H and O–H groups in total. The summed E-state index contributed by atoms with van der Waals surface area (Å²) in [6, 6.07) is 7.57. The maximum atomic E-state index is 11.7. The Morgan fingerprint density at radius 1 is 1.29 bits per heavy atom. The molecule has 0 aliphatic rings. The average molecular weight is 287 g/mol. The van der Waals surface area contributed by atoms with Gasteiger partial charge in [0.05, 0.1) is 6.42 Å². The maximum Gasteiger partial charge on any atom is 0.305 e. The second-order valence-electron chi connectivity index (χ2n) is 4.59. The molecule has 0 unspecified atom stereocenters. The summed E-state index contributed by atoms with van der Waals surface area (Å²) < 4.78 is 0. The van der Waals surface area contributed by atoms with Crippen molar-refractivity contribution in [1.29, 1.82) is 5.26 Å². The first kappa shape index (κ1) is 16.2. The van der Waals surface area contributed by atoms with E-state index in [0.29, 0.717) is 0 Å². The van der Waals surface area contributed by atoms with Crippen LogP contribution in [0.5, 0.6) is 0 Å². The Balaban J connectivity index is 2.69. The van der Waals surface area contributed by atoms with Crippen LogP contribution >= 0.6 is 0 Å². The van der Waals surface area contributed by atoms with Gasteiger partial charge < -0.3 is 15.7 Å². The van der Waals surface area contributed by atoms with Gasteiger partial charge in [-0.1, -0.05) is 6.07 Å². The van der Waals surface area contributed by atoms with Gasteiger partial charge in [0.15, 0.2) is 0 Å². The van der Waals surface area contributed by atoms with E-state index in [1.165, 1.54) is 6.20 Å². The lowest BCUT2D eigenvalue weighted by Gasteiger charge is -2.06. The highest BCUT2D eigenvalue weighted by Gasteiger charge is 2.08. The van der Waals surface area contributed by atoms with Crippen LogP contribution in [0.15, 0.2) is 30.0 Å². The van der Waals surface area contributed by atoms with Crippen LogP contribution in [0.1, 0.15) is 17.5 Å². The van der Waals surface area contributed by atoms with Gasteiger partial charge in [0.1, 0.15) is 11.6 Å². The van der Waals surface area contributed by atoms with Crippen molar-refractivity contribution < 1.29 is 14.7 Å². The molecular formula is C15H17N3O3. The largest absolute Gasteiger partial charge is 0.481 e. The SMILES string of the molecule is Cc1cc(C)cc(N/C=C(/C#N)C(=O)NCCC(=O)O)c1. The number of benzene rings is 1. The number of nitriles is 1. The molecule has 6 nitrogen and oxygen atoms in total. The zero-order valence-corrected chi connectivity index (χ0v) is 11.9. The molecule has 0 saturated carbocycles. The minimum Gasteiger partial charge on any atom is -0.481 e. The number of nitrogens with one attached hydrogen (secondary N) is 2. The molecule has 1 aromatic carbocycles. The van der Waals surface area contributed by atoms with E-state index in [4.69, 9.17) is 10.4 Å². The fourth-order valence-corrected chi connectivity index (χ4v) is 1.74. The second kappa shape index (κ2) is 7.70. The Labute approximate surface area is 123 Å². The third-order valence-electron chi connectivity index (χ3n) is 2.59. The Hall–Kier alpha value is -2.81. The summed E-state index contributed by atoms with van der Waals surface area (Å²) in [6.45, 7) is 3.88. The molecule has 6 heteroatoms. The van der Waals surface area contributed by atoms with Gasteiger partial charge in [-0.2, -0.15) is 5.26 Å². The zero-order valence-electron chi connectivity index (χ0n) is 11.9. The van der Waals surface area contributed by atoms with Crippen LogP contribution in [0.3, 0.4) is 0 Å². The maximum absolute atomic E-state index is 11.7. The summed E-state index contributed by atoms with van der Waals surface area (Å²) in [5.74, 6) is -1.61. The van der Waals surface area contributed by atoms with Crippen molar-refractivity contribution in [3.63, 3.8) is 0 Å². The minimum absolute atomic E-state index is 0.0171. The third kappa shape index (κ3) is 5.78. The number of carboxylic acid groups (broad SMARTS) is 1. The van der Waals surface area contributed by atoms with Gasteiger partial charge in [0.2, 0.25) is 0 Å². The first-order valence-corrected chi connectivity index (χ1v) is 6.37. The van der Waals surface area contributed by atoms with Gasteiger partial charge in [-0.05, 0) is 37.1 Å². The first-order chi connectivity index (χ1) is 9.92. The van der Waals surface area contributed by atoms with E-state index in [-0.39, 0.29) is 18.5 Å². The van der Waals surface area contributed by atoms with Gasteiger partial charge in [-0.15, -0.1) is 0 Å². The molecule has 0 spiro atoms. The molecule has 0 atom stereocenters. The Morgan fingerprint density at radius 3 is 2.43 bits per heavy atom. The van der Waals surface area contributed by atoms with E-state index in [1.54, 1.807) is 6.07 Å². The molecule has 1 aromatic rings. The van der Waals surface area contributed by atoms with Crippen LogP contribution in [0, 0.1) is 25.2 Å². The highest BCUT2D eigenvalue weighted by atomic mass is 16.4. The summed E-state index contributed by atoms with van der Waals surface area (Å²) in [7, 11) is 0. The lowest BCUT2D eigenvalue weighted by molar-refractivity contribution is -0.136. The molecule has 0 fully saturated rings. The van der Waals surface area contributed by atoms with Crippen molar-refractivity contribution in [2.45, 2.75) is 20.3 Å². The molecule has 1 amide bonds. The molecule has 0 aromatic heterocycles. The Morgan fingerprint density at radius 2 is 1.90 bits per heavy atom. The number of aryl methyl sites for hydroxylation is 2. The molecule has 110 valence electrons. The molecular weight excluding hydrogens is 270 g/mol. The lowest BCUT2D eigenvalue weighted by Crippen LogP contribution is -2.27. The molecule has 1 rings (SSSR count). The third-order valence-corrected chi connectivity index (χ3v) is 2.59. The van der Waals surface area contributed by atoms with Crippen LogP contribution in [-0.4, -0.2) is 23.5 Å². The highest BCUT2D eigenvalue weighted by Crippen LogP contribution is 2.14. The summed E-state index contributed by atoms with van der Waals surface area (Å²) in [5.41, 5.74) is 2.80. The standard InChI is InChI=1S/C15H17N3O3/c1-10-5-11(2)7-13(6-10)18-9-12(8-16)15(21)17-4-3-14(19)20/h5-7,9,18H,3-4H2,1-2H3,(H,17,21)(H,19,20)/b12-9-. The van der Waals surface area contributed by atoms with Gasteiger partial charge in [-0.25, -0.2) is 0 Å². The number of amides is 1. The van der Waals surface area contributed by atoms with Crippen LogP contribution in [-0.2, 0) is 9.59 Å². The predicted octanol–water partition coefficient (Wildman–Crippen LogP) is 1.71. The van der Waals surface area contributed by atoms with Gasteiger partial charge in [-0.3, -0.25) is 9.59 Å². The van der Waals surface area contributed by atoms with E-state index < -0.39 is 11.9 Å². The quantitative estimate of drug-likeness (QED) is 0.546. The smallest absolute Gasteiger partial charge is 0.305 e. The monoisotopic (exact) mass is 287 g/mol. The van der Waals surface area contributed by atoms with Crippen molar-refractivity contribution in [3.8, 4) is 6.07 Å². The predicted molar refractivity (Wildman–Crippen MR) is 78.5 cm³/mol. The van der Waals surface area contributed by atoms with Crippen LogP contribution in [0.4, 0.5) is 5.69 Å². The number of carbonyl (C=O) groups is 2. The average Bonchev–Trinajstić information content (AvgIpc) is 2.37. The summed E-state index contributed by atoms with van der Waals surface area (Å²) in [4.78, 5) is 22.0. The molecule has 0 radical (unpaired) electrons. The van der Waals surface area contributed by atoms with E-state index in [0.717, 1.165) is 16.8 Å². The molecule has 0 saturated heterocycles. The molecule has 0 bridgehead atoms. The second-order valence-corrected chi connectivity index (χ2v) is 4.59. The number of aliphatic carboxylic acids is 1. The normalized spacial score (nSPS) is 10.6. The number of carbonyl (C=O) groups excluding carboxylic acids is 1. The topological polar surface area (TPSA) is 102 Å². The van der Waals surface area contributed by atoms with Gasteiger partial charge in [0.25, 0.3) is 5.91 Å². The fourth-order valence-electron chi connectivity index (χ4n) is 1.74. The minimum atomic E-state index is -1.01. The summed E-state index contributed by atoms with van der Waals surface area (Å²) in [6.07, 6.45) is 1.12. The lowest BCUT2D eigenvalue weighted by atomic mass is 10.1. The van der Waals surface area contributed by atoms with Crippen molar-refractivity contribution in [1.82, 2.24) is 5.32 Å². The first-order valence-electron chi connectivity index (χ1n) is 6.37. The summed E-state index contributed by atoms with van der Waals surface area (Å²) >= 11 is 0. The number of rotatable bonds is 6. The number of nitrogens with zero attached hydrogens (tertiary/aromatic N) is 1. The molecule has 21 heavy (non-hydrogen) atoms. The highest BCUT2D eigenvalue weighted by molar-refractivity contribution is 5.97. The van der Waals surface area contributed by atoms with E-state index in [2.05, 4.69) is 10.6 Å². The number of hydrogen-bond donors (Lipinski definition) is 3. The Bertz CT molecular complexity index is 595. The Kier molecular flexibility index (Phi) is 5.96. The van der Waals surface area contributed by atoms with E-state index >= 15 is 0 Å². The van der Waals surface area contributed by atoms with Crippen LogP contribution in [0.25, 0.3) is 0 Å². The van der Waals surface area contributed by atoms with Crippen LogP contribution < -0.4 is 10.6 Å². The molecule has 0 heterocycles. The molecule has 0 aliphatic carbocycles. The van der Waals surface area contributed by atoms with Gasteiger partial charge in [0, 0.05) is 18.4 Å². The fraction of sp³-hybridized carbons (Fsp3) is 0.267. The summed E-state index contributed by atoms with van der Waals surface area (Å²) in [5, 5.41) is 22.7. The van der Waals surface area contributed by atoms with Crippen molar-refractivity contribution >= 4 is 17.6 Å². The van der Waals surface area contributed by atoms with Crippen molar-refractivity contribution in [3.05, 3.63) is 41.1 Å². The number of carboxylic acids is 1. The molecule has 0 aliphatic heterocycles. The number of hydrogen-bond acceptors (Lipinski definition) is 4. The van der Waals surface area contributed by atoms with E-state index in [9.17, 15) is 9.59 Å².